The molecule has 1 unspecified atom stereocenters. The van der Waals surface area contributed by atoms with Gasteiger partial charge >= 0.3 is 5.97 Å². The highest BCUT2D eigenvalue weighted by molar-refractivity contribution is 5.95. The predicted octanol–water partition coefficient (Wildman–Crippen LogP) is 4.47. The van der Waals surface area contributed by atoms with E-state index in [-0.39, 0.29) is 17.2 Å². The number of carboxylic acids is 1. The van der Waals surface area contributed by atoms with Gasteiger partial charge in [-0.1, -0.05) is 31.4 Å². The maximum absolute atomic E-state index is 12.4. The number of carbonyl (C=O) groups is 1. The van der Waals surface area contributed by atoms with E-state index in [1.165, 1.54) is 18.6 Å². The molecule has 1 aliphatic carbocycles. The molecule has 8 nitrogen and oxygen atoms in total. The van der Waals surface area contributed by atoms with Crippen molar-refractivity contribution >= 4 is 17.5 Å². The zero-order valence-corrected chi connectivity index (χ0v) is 17.4. The van der Waals surface area contributed by atoms with Gasteiger partial charge < -0.3 is 10.4 Å². The minimum Gasteiger partial charge on any atom is -0.478 e. The van der Waals surface area contributed by atoms with Crippen LogP contribution >= 0.6 is 0 Å². The number of aromatic nitrogens is 2. The Kier molecular flexibility index (Phi) is 4.88. The summed E-state index contributed by atoms with van der Waals surface area (Å²) in [7, 11) is 1.85. The third-order valence-corrected chi connectivity index (χ3v) is 6.60. The van der Waals surface area contributed by atoms with Crippen LogP contribution in [0.2, 0.25) is 0 Å². The fourth-order valence-electron chi connectivity index (χ4n) is 5.18. The monoisotopic (exact) mass is 410 g/mol. The van der Waals surface area contributed by atoms with Crippen molar-refractivity contribution in [1.82, 2.24) is 9.78 Å². The Labute approximate surface area is 174 Å². The number of rotatable bonds is 4. The number of carboxylic acid groups (broad SMARTS) is 1. The largest absolute Gasteiger partial charge is 0.478 e. The van der Waals surface area contributed by atoms with E-state index in [0.29, 0.717) is 11.3 Å². The van der Waals surface area contributed by atoms with E-state index in [1.807, 2.05) is 14.0 Å². The highest BCUT2D eigenvalue weighted by Crippen LogP contribution is 2.51. The standard InChI is InChI=1S/C22H26N4O4/c1-13-17(21(27)28)22(2,15-10-7-11-16(12-15)26(29)30)18-19(14-8-5-4-6-9-14)24-25(3)20(18)23-13/h7,10-12,14,23H,4-6,8-9H2,1-3H3,(H,27,28). The van der Waals surface area contributed by atoms with Crippen molar-refractivity contribution in [1.29, 1.82) is 0 Å². The van der Waals surface area contributed by atoms with Gasteiger partial charge in [0.05, 0.1) is 21.6 Å². The summed E-state index contributed by atoms with van der Waals surface area (Å²) in [5.41, 5.74) is 1.90. The van der Waals surface area contributed by atoms with Gasteiger partial charge in [-0.05, 0) is 32.3 Å². The van der Waals surface area contributed by atoms with Gasteiger partial charge in [-0.15, -0.1) is 0 Å². The van der Waals surface area contributed by atoms with Crippen LogP contribution in [0.4, 0.5) is 11.5 Å². The molecule has 0 bridgehead atoms. The molecule has 4 rings (SSSR count). The van der Waals surface area contributed by atoms with Crippen molar-refractivity contribution in [3.8, 4) is 0 Å². The third kappa shape index (κ3) is 2.98. The number of nitro groups is 1. The Bertz CT molecular complexity index is 1070. The maximum Gasteiger partial charge on any atom is 0.334 e. The van der Waals surface area contributed by atoms with Crippen molar-refractivity contribution < 1.29 is 14.8 Å². The average Bonchev–Trinajstić information content (AvgIpc) is 3.05. The summed E-state index contributed by atoms with van der Waals surface area (Å²) >= 11 is 0. The first-order valence-corrected chi connectivity index (χ1v) is 10.3. The normalized spacial score (nSPS) is 21.8. The number of benzene rings is 1. The molecule has 1 fully saturated rings. The van der Waals surface area contributed by atoms with Crippen LogP contribution in [0.1, 0.15) is 68.7 Å². The highest BCUT2D eigenvalue weighted by atomic mass is 16.6. The zero-order valence-electron chi connectivity index (χ0n) is 17.4. The van der Waals surface area contributed by atoms with Crippen LogP contribution in [0.15, 0.2) is 35.5 Å². The molecule has 2 N–H and O–H groups in total. The van der Waals surface area contributed by atoms with Crippen molar-refractivity contribution in [2.75, 3.05) is 5.32 Å². The lowest BCUT2D eigenvalue weighted by Gasteiger charge is -2.38. The van der Waals surface area contributed by atoms with E-state index in [9.17, 15) is 20.0 Å². The summed E-state index contributed by atoms with van der Waals surface area (Å²) in [6, 6.07) is 6.31. The van der Waals surface area contributed by atoms with Gasteiger partial charge in [0, 0.05) is 36.4 Å². The molecule has 1 atom stereocenters. The van der Waals surface area contributed by atoms with Crippen LogP contribution in [0.5, 0.6) is 0 Å². The summed E-state index contributed by atoms with van der Waals surface area (Å²) < 4.78 is 1.77. The van der Waals surface area contributed by atoms with E-state index in [4.69, 9.17) is 5.10 Å². The Balaban J connectivity index is 2.01. The summed E-state index contributed by atoms with van der Waals surface area (Å²) in [6.45, 7) is 3.59. The summed E-state index contributed by atoms with van der Waals surface area (Å²) in [5.74, 6) is -0.0350. The maximum atomic E-state index is 12.4. The number of nitro benzene ring substituents is 1. The molecule has 2 aromatic rings. The van der Waals surface area contributed by atoms with Crippen LogP contribution in [-0.4, -0.2) is 25.8 Å². The minimum absolute atomic E-state index is 0.0562. The van der Waals surface area contributed by atoms with Gasteiger partial charge in [0.15, 0.2) is 0 Å². The molecule has 1 aromatic heterocycles. The van der Waals surface area contributed by atoms with E-state index in [1.54, 1.807) is 23.7 Å². The molecule has 2 heterocycles. The van der Waals surface area contributed by atoms with Crippen LogP contribution in [-0.2, 0) is 17.3 Å². The fourth-order valence-corrected chi connectivity index (χ4v) is 5.18. The second-order valence-corrected chi connectivity index (χ2v) is 8.43. The van der Waals surface area contributed by atoms with Gasteiger partial charge in [0.25, 0.3) is 5.69 Å². The van der Waals surface area contributed by atoms with Gasteiger partial charge in [0.1, 0.15) is 5.82 Å². The zero-order chi connectivity index (χ0) is 21.6. The highest BCUT2D eigenvalue weighted by Gasteiger charge is 2.48. The van der Waals surface area contributed by atoms with E-state index in [0.717, 1.165) is 42.8 Å². The molecule has 8 heteroatoms. The Morgan fingerprint density at radius 2 is 2.03 bits per heavy atom. The smallest absolute Gasteiger partial charge is 0.334 e. The number of aryl methyl sites for hydroxylation is 1. The fraction of sp³-hybridized carbons (Fsp3) is 0.455. The molecular formula is C22H26N4O4. The first-order valence-electron chi connectivity index (χ1n) is 10.3. The van der Waals surface area contributed by atoms with Crippen LogP contribution in [0.3, 0.4) is 0 Å². The van der Waals surface area contributed by atoms with Crippen molar-refractivity contribution in [3.63, 3.8) is 0 Å². The molecule has 158 valence electrons. The number of anilines is 1. The van der Waals surface area contributed by atoms with Crippen LogP contribution < -0.4 is 5.32 Å². The van der Waals surface area contributed by atoms with Crippen molar-refractivity contribution in [2.24, 2.45) is 7.05 Å². The van der Waals surface area contributed by atoms with Crippen LogP contribution in [0.25, 0.3) is 0 Å². The third-order valence-electron chi connectivity index (χ3n) is 6.60. The molecule has 1 saturated carbocycles. The Morgan fingerprint density at radius 3 is 2.67 bits per heavy atom. The molecule has 1 aliphatic heterocycles. The average molecular weight is 410 g/mol. The number of allylic oxidation sites excluding steroid dienone is 1. The summed E-state index contributed by atoms with van der Waals surface area (Å²) in [4.78, 5) is 23.4. The lowest BCUT2D eigenvalue weighted by atomic mass is 9.66. The molecule has 1 aromatic carbocycles. The lowest BCUT2D eigenvalue weighted by molar-refractivity contribution is -0.384. The van der Waals surface area contributed by atoms with E-state index >= 15 is 0 Å². The van der Waals surface area contributed by atoms with Gasteiger partial charge in [-0.25, -0.2) is 4.79 Å². The SMILES string of the molecule is CC1=C(C(=O)O)C(C)(c2cccc([N+](=O)[O-])c2)c2c(C3CCCCC3)nn(C)c2N1. The quantitative estimate of drug-likeness (QED) is 0.568. The van der Waals surface area contributed by atoms with Crippen LogP contribution in [0, 0.1) is 10.1 Å². The van der Waals surface area contributed by atoms with Crippen molar-refractivity contribution in [3.05, 3.63) is 62.5 Å². The van der Waals surface area contributed by atoms with Crippen molar-refractivity contribution in [2.45, 2.75) is 57.3 Å². The number of aliphatic carboxylic acids is 1. The second-order valence-electron chi connectivity index (χ2n) is 8.43. The molecule has 0 saturated heterocycles. The number of nitrogens with zero attached hydrogens (tertiary/aromatic N) is 3. The molecule has 0 amide bonds. The predicted molar refractivity (Wildman–Crippen MR) is 113 cm³/mol. The number of hydrogen-bond acceptors (Lipinski definition) is 5. The molecule has 0 spiro atoms. The van der Waals surface area contributed by atoms with E-state index in [2.05, 4.69) is 5.32 Å². The first-order chi connectivity index (χ1) is 14.2. The number of hydrogen-bond donors (Lipinski definition) is 2. The summed E-state index contributed by atoms with van der Waals surface area (Å²) in [5, 5.41) is 29.7. The first kappa shape index (κ1) is 20.1. The molecular weight excluding hydrogens is 384 g/mol. The lowest BCUT2D eigenvalue weighted by Crippen LogP contribution is -2.37. The van der Waals surface area contributed by atoms with Gasteiger partial charge in [0.2, 0.25) is 0 Å². The van der Waals surface area contributed by atoms with Gasteiger partial charge in [-0.2, -0.15) is 5.10 Å². The topological polar surface area (TPSA) is 110 Å². The molecule has 2 aliphatic rings. The number of non-ortho nitro benzene ring substituents is 1. The number of fused-ring (bicyclic) bond motifs is 1. The molecule has 0 radical (unpaired) electrons. The minimum atomic E-state index is -1.07. The number of nitrogens with one attached hydrogen (secondary N) is 1. The second kappa shape index (κ2) is 7.27. The van der Waals surface area contributed by atoms with E-state index < -0.39 is 16.3 Å². The van der Waals surface area contributed by atoms with Gasteiger partial charge in [-0.3, -0.25) is 14.8 Å². The molecule has 30 heavy (non-hydrogen) atoms. The summed E-state index contributed by atoms with van der Waals surface area (Å²) in [6.07, 6.45) is 5.47. The Morgan fingerprint density at radius 1 is 1.33 bits per heavy atom. The Hall–Kier alpha value is -3.16.